The van der Waals surface area contributed by atoms with Crippen molar-refractivity contribution in [2.45, 2.75) is 52.1 Å². The number of nitrogens with one attached hydrogen (secondary N) is 1. The SMILES string of the molecule is Cc1c(C)n(Cc2ccc(-c3ccccc3C(=O)O)cc2)c2ccc(C(=O)NC(C)c3csc(C4CC4)n3)cc12. The third kappa shape index (κ3) is 4.93. The minimum atomic E-state index is -0.932. The normalized spacial score (nSPS) is 13.9. The first-order chi connectivity index (χ1) is 19.3. The van der Waals surface area contributed by atoms with Crippen molar-refractivity contribution in [3.63, 3.8) is 0 Å². The Balaban J connectivity index is 1.21. The van der Waals surface area contributed by atoms with Gasteiger partial charge in [0, 0.05) is 40.0 Å². The summed E-state index contributed by atoms with van der Waals surface area (Å²) in [4.78, 5) is 29.5. The Hall–Kier alpha value is -4.23. The number of aromatic carboxylic acids is 1. The van der Waals surface area contributed by atoms with E-state index in [-0.39, 0.29) is 11.9 Å². The molecule has 2 N–H and O–H groups in total. The standard InChI is InChI=1S/C33H31N3O3S/c1-19-21(3)36(17-22-8-10-23(11-9-22)26-6-4-5-7-27(26)33(38)39)30-15-14-25(16-28(19)30)31(37)34-20(2)29-18-40-32(35-29)24-12-13-24/h4-11,14-16,18,20,24H,12-13,17H2,1-3H3,(H,34,37)(H,38,39). The number of fused-ring (bicyclic) bond motifs is 1. The van der Waals surface area contributed by atoms with Crippen LogP contribution in [0, 0.1) is 13.8 Å². The highest BCUT2D eigenvalue weighted by Gasteiger charge is 2.27. The number of carboxylic acids is 1. The molecule has 6 rings (SSSR count). The molecule has 0 radical (unpaired) electrons. The minimum Gasteiger partial charge on any atom is -0.478 e. The number of carbonyl (C=O) groups excluding carboxylic acids is 1. The fourth-order valence-corrected chi connectivity index (χ4v) is 6.34. The average Bonchev–Trinajstić information content (AvgIpc) is 3.65. The largest absolute Gasteiger partial charge is 0.478 e. The second-order valence-electron chi connectivity index (χ2n) is 10.7. The maximum Gasteiger partial charge on any atom is 0.336 e. The van der Waals surface area contributed by atoms with Crippen LogP contribution in [-0.4, -0.2) is 26.5 Å². The summed E-state index contributed by atoms with van der Waals surface area (Å²) in [5.74, 6) is -0.416. The number of thiazole rings is 1. The molecule has 1 unspecified atom stereocenters. The highest BCUT2D eigenvalue weighted by Crippen LogP contribution is 2.42. The molecule has 1 atom stereocenters. The molecule has 1 amide bonds. The number of aryl methyl sites for hydroxylation is 1. The van der Waals surface area contributed by atoms with Crippen LogP contribution in [0.15, 0.2) is 72.1 Å². The van der Waals surface area contributed by atoms with Gasteiger partial charge in [-0.1, -0.05) is 42.5 Å². The van der Waals surface area contributed by atoms with Gasteiger partial charge in [-0.05, 0) is 80.1 Å². The summed E-state index contributed by atoms with van der Waals surface area (Å²) < 4.78 is 2.27. The Morgan fingerprint density at radius 1 is 1.07 bits per heavy atom. The van der Waals surface area contributed by atoms with Gasteiger partial charge in [-0.15, -0.1) is 11.3 Å². The number of aromatic nitrogens is 2. The quantitative estimate of drug-likeness (QED) is 0.210. The molecule has 6 nitrogen and oxygen atoms in total. The molecule has 2 heterocycles. The molecule has 5 aromatic rings. The number of hydrogen-bond acceptors (Lipinski definition) is 4. The lowest BCUT2D eigenvalue weighted by Gasteiger charge is -2.13. The lowest BCUT2D eigenvalue weighted by molar-refractivity contribution is 0.0697. The fourth-order valence-electron chi connectivity index (χ4n) is 5.26. The van der Waals surface area contributed by atoms with Crippen molar-refractivity contribution in [3.8, 4) is 11.1 Å². The number of carboxylic acid groups (broad SMARTS) is 1. The van der Waals surface area contributed by atoms with Crippen LogP contribution in [0.25, 0.3) is 22.0 Å². The highest BCUT2D eigenvalue weighted by atomic mass is 32.1. The molecular weight excluding hydrogens is 518 g/mol. The molecule has 0 spiro atoms. The van der Waals surface area contributed by atoms with Gasteiger partial charge in [-0.25, -0.2) is 9.78 Å². The minimum absolute atomic E-state index is 0.0996. The van der Waals surface area contributed by atoms with Gasteiger partial charge >= 0.3 is 5.97 Å². The Kier molecular flexibility index (Phi) is 6.76. The predicted molar refractivity (Wildman–Crippen MR) is 159 cm³/mol. The molecule has 7 heteroatoms. The topological polar surface area (TPSA) is 84.2 Å². The van der Waals surface area contributed by atoms with Crippen LogP contribution in [0.3, 0.4) is 0 Å². The van der Waals surface area contributed by atoms with Crippen LogP contribution in [0.1, 0.15) is 80.0 Å². The van der Waals surface area contributed by atoms with E-state index < -0.39 is 5.97 Å². The van der Waals surface area contributed by atoms with Crippen LogP contribution in [-0.2, 0) is 6.54 Å². The van der Waals surface area contributed by atoms with E-state index in [0.29, 0.717) is 29.2 Å². The number of hydrogen-bond donors (Lipinski definition) is 2. The number of amides is 1. The highest BCUT2D eigenvalue weighted by molar-refractivity contribution is 7.09. The maximum atomic E-state index is 13.2. The molecule has 2 aromatic heterocycles. The molecule has 1 aliphatic rings. The van der Waals surface area contributed by atoms with E-state index in [4.69, 9.17) is 4.98 Å². The molecule has 202 valence electrons. The van der Waals surface area contributed by atoms with E-state index in [9.17, 15) is 14.7 Å². The molecule has 3 aromatic carbocycles. The van der Waals surface area contributed by atoms with E-state index in [0.717, 1.165) is 39.0 Å². The number of rotatable bonds is 8. The van der Waals surface area contributed by atoms with Gasteiger partial charge in [-0.2, -0.15) is 0 Å². The fraction of sp³-hybridized carbons (Fsp3) is 0.242. The van der Waals surface area contributed by atoms with Crippen LogP contribution >= 0.6 is 11.3 Å². The van der Waals surface area contributed by atoms with Gasteiger partial charge in [-0.3, -0.25) is 4.79 Å². The van der Waals surface area contributed by atoms with Crippen LogP contribution in [0.4, 0.5) is 0 Å². The Bertz CT molecular complexity index is 1740. The zero-order valence-electron chi connectivity index (χ0n) is 22.8. The summed E-state index contributed by atoms with van der Waals surface area (Å²) in [6.07, 6.45) is 2.44. The van der Waals surface area contributed by atoms with Crippen LogP contribution < -0.4 is 5.32 Å². The van der Waals surface area contributed by atoms with Crippen molar-refractivity contribution in [2.75, 3.05) is 0 Å². The van der Waals surface area contributed by atoms with Crippen molar-refractivity contribution in [1.29, 1.82) is 0 Å². The zero-order chi connectivity index (χ0) is 28.0. The maximum absolute atomic E-state index is 13.2. The summed E-state index contributed by atoms with van der Waals surface area (Å²) in [5, 5.41) is 17.0. The Morgan fingerprint density at radius 3 is 2.55 bits per heavy atom. The molecule has 40 heavy (non-hydrogen) atoms. The third-order valence-electron chi connectivity index (χ3n) is 7.92. The number of carbonyl (C=O) groups is 2. The van der Waals surface area contributed by atoms with E-state index >= 15 is 0 Å². The smallest absolute Gasteiger partial charge is 0.336 e. The molecule has 0 bridgehead atoms. The third-order valence-corrected chi connectivity index (χ3v) is 8.95. The van der Waals surface area contributed by atoms with E-state index in [2.05, 4.69) is 29.1 Å². The summed E-state index contributed by atoms with van der Waals surface area (Å²) in [6.45, 7) is 6.86. The second kappa shape index (κ2) is 10.4. The second-order valence-corrected chi connectivity index (χ2v) is 11.5. The van der Waals surface area contributed by atoms with Gasteiger partial charge in [0.1, 0.15) is 0 Å². The van der Waals surface area contributed by atoms with Crippen molar-refractivity contribution in [3.05, 3.63) is 111 Å². The summed E-state index contributed by atoms with van der Waals surface area (Å²) >= 11 is 1.69. The first-order valence-corrected chi connectivity index (χ1v) is 14.5. The zero-order valence-corrected chi connectivity index (χ0v) is 23.6. The van der Waals surface area contributed by atoms with Gasteiger partial charge in [0.15, 0.2) is 0 Å². The van der Waals surface area contributed by atoms with Gasteiger partial charge in [0.25, 0.3) is 5.91 Å². The van der Waals surface area contributed by atoms with Gasteiger partial charge in [0.2, 0.25) is 0 Å². The van der Waals surface area contributed by atoms with Crippen molar-refractivity contribution < 1.29 is 14.7 Å². The van der Waals surface area contributed by atoms with Crippen molar-refractivity contribution in [2.24, 2.45) is 0 Å². The molecular formula is C33H31N3O3S. The Labute approximate surface area is 237 Å². The van der Waals surface area contributed by atoms with E-state index in [1.54, 1.807) is 23.5 Å². The predicted octanol–water partition coefficient (Wildman–Crippen LogP) is 7.50. The number of benzene rings is 3. The van der Waals surface area contributed by atoms with E-state index in [1.165, 1.54) is 17.8 Å². The van der Waals surface area contributed by atoms with Crippen LogP contribution in [0.5, 0.6) is 0 Å². The molecule has 1 saturated carbocycles. The Morgan fingerprint density at radius 2 is 1.82 bits per heavy atom. The van der Waals surface area contributed by atoms with E-state index in [1.807, 2.05) is 61.5 Å². The van der Waals surface area contributed by atoms with Crippen molar-refractivity contribution >= 4 is 34.1 Å². The van der Waals surface area contributed by atoms with Gasteiger partial charge in [0.05, 0.1) is 22.3 Å². The average molecular weight is 550 g/mol. The molecule has 1 aliphatic carbocycles. The monoisotopic (exact) mass is 549 g/mol. The molecule has 0 saturated heterocycles. The lowest BCUT2D eigenvalue weighted by Crippen LogP contribution is -2.26. The summed E-state index contributed by atoms with van der Waals surface area (Å²) in [6, 6.07) is 20.9. The first kappa shape index (κ1) is 26.0. The van der Waals surface area contributed by atoms with Crippen molar-refractivity contribution in [1.82, 2.24) is 14.9 Å². The summed E-state index contributed by atoms with van der Waals surface area (Å²) in [7, 11) is 0. The first-order valence-electron chi connectivity index (χ1n) is 13.6. The molecule has 0 aliphatic heterocycles. The molecule has 1 fully saturated rings. The van der Waals surface area contributed by atoms with Crippen LogP contribution in [0.2, 0.25) is 0 Å². The lowest BCUT2D eigenvalue weighted by atomic mass is 9.99. The van der Waals surface area contributed by atoms with Gasteiger partial charge < -0.3 is 15.0 Å². The summed E-state index contributed by atoms with van der Waals surface area (Å²) in [5.41, 5.74) is 7.93. The number of nitrogens with zero attached hydrogens (tertiary/aromatic N) is 2.